The maximum atomic E-state index is 11.8. The van der Waals surface area contributed by atoms with Crippen molar-refractivity contribution in [2.45, 2.75) is 46.6 Å². The van der Waals surface area contributed by atoms with Gasteiger partial charge in [0.05, 0.1) is 6.54 Å². The third-order valence-electron chi connectivity index (χ3n) is 1.91. The molecule has 0 aromatic heterocycles. The van der Waals surface area contributed by atoms with Crippen molar-refractivity contribution in [2.75, 3.05) is 13.1 Å². The Morgan fingerprint density at radius 3 is 2.38 bits per heavy atom. The summed E-state index contributed by atoms with van der Waals surface area (Å²) in [5, 5.41) is 0. The summed E-state index contributed by atoms with van der Waals surface area (Å²) in [6, 6.07) is 0. The lowest BCUT2D eigenvalue weighted by molar-refractivity contribution is 0.0268. The number of ether oxygens (including phenoxy) is 1. The van der Waals surface area contributed by atoms with Crippen LogP contribution in [0.25, 0.3) is 0 Å². The van der Waals surface area contributed by atoms with Crippen molar-refractivity contribution in [1.82, 2.24) is 4.90 Å². The molecule has 0 N–H and O–H groups in total. The van der Waals surface area contributed by atoms with Gasteiger partial charge in [-0.25, -0.2) is 4.79 Å². The van der Waals surface area contributed by atoms with Crippen LogP contribution in [-0.4, -0.2) is 29.7 Å². The number of amides is 1. The van der Waals surface area contributed by atoms with Crippen molar-refractivity contribution in [1.29, 1.82) is 0 Å². The van der Waals surface area contributed by atoms with Gasteiger partial charge in [0, 0.05) is 6.54 Å². The Kier molecular flexibility index (Phi) is 5.95. The van der Waals surface area contributed by atoms with Crippen molar-refractivity contribution >= 4 is 6.09 Å². The van der Waals surface area contributed by atoms with E-state index in [1.807, 2.05) is 20.8 Å². The summed E-state index contributed by atoms with van der Waals surface area (Å²) in [6.45, 7) is 10.7. The van der Waals surface area contributed by atoms with Gasteiger partial charge in [0.2, 0.25) is 0 Å². The van der Waals surface area contributed by atoms with Crippen molar-refractivity contribution in [3.63, 3.8) is 0 Å². The Hall–Kier alpha value is -1.17. The molecule has 1 amide bonds. The van der Waals surface area contributed by atoms with Gasteiger partial charge in [0.25, 0.3) is 0 Å². The van der Waals surface area contributed by atoms with Crippen LogP contribution in [0.4, 0.5) is 4.79 Å². The number of hydrogen-bond acceptors (Lipinski definition) is 2. The van der Waals surface area contributed by atoms with Crippen LogP contribution in [0.5, 0.6) is 0 Å². The summed E-state index contributed by atoms with van der Waals surface area (Å²) >= 11 is 0. The van der Waals surface area contributed by atoms with E-state index in [1.54, 1.807) is 4.90 Å². The van der Waals surface area contributed by atoms with Crippen LogP contribution < -0.4 is 0 Å². The van der Waals surface area contributed by atoms with Crippen LogP contribution in [0.1, 0.15) is 41.0 Å². The molecule has 0 rings (SSSR count). The Balaban J connectivity index is 4.30. The van der Waals surface area contributed by atoms with Crippen molar-refractivity contribution in [3.05, 3.63) is 0 Å². The lowest BCUT2D eigenvalue weighted by atomic mass is 10.1. The van der Waals surface area contributed by atoms with Gasteiger partial charge < -0.3 is 4.74 Å². The van der Waals surface area contributed by atoms with Crippen molar-refractivity contribution in [3.8, 4) is 12.3 Å². The van der Waals surface area contributed by atoms with Gasteiger partial charge in [-0.3, -0.25) is 4.90 Å². The van der Waals surface area contributed by atoms with Gasteiger partial charge in [0.15, 0.2) is 0 Å². The second kappa shape index (κ2) is 6.42. The van der Waals surface area contributed by atoms with E-state index in [2.05, 4.69) is 19.8 Å². The van der Waals surface area contributed by atoms with Gasteiger partial charge in [-0.05, 0) is 33.1 Å². The predicted octanol–water partition coefficient (Wildman–Crippen LogP) is 2.90. The van der Waals surface area contributed by atoms with E-state index in [9.17, 15) is 4.79 Å². The van der Waals surface area contributed by atoms with E-state index in [1.165, 1.54) is 0 Å². The summed E-state index contributed by atoms with van der Waals surface area (Å²) in [5.74, 6) is 3.03. The first kappa shape index (κ1) is 14.8. The molecule has 0 heterocycles. The van der Waals surface area contributed by atoms with Crippen LogP contribution in [-0.2, 0) is 4.74 Å². The number of carbonyl (C=O) groups is 1. The first-order valence-electron chi connectivity index (χ1n) is 5.67. The number of rotatable bonds is 4. The molecule has 0 aromatic rings. The fourth-order valence-electron chi connectivity index (χ4n) is 1.09. The minimum atomic E-state index is -0.470. The zero-order valence-electron chi connectivity index (χ0n) is 11.0. The molecule has 0 aliphatic heterocycles. The molecule has 0 spiro atoms. The first-order valence-corrected chi connectivity index (χ1v) is 5.67. The molecule has 0 aromatic carbocycles. The third-order valence-corrected chi connectivity index (χ3v) is 1.91. The monoisotopic (exact) mass is 225 g/mol. The fraction of sp³-hybridized carbons (Fsp3) is 0.769. The van der Waals surface area contributed by atoms with Crippen LogP contribution in [0.3, 0.4) is 0 Å². The van der Waals surface area contributed by atoms with Gasteiger partial charge in [-0.1, -0.05) is 19.8 Å². The molecule has 0 radical (unpaired) electrons. The average molecular weight is 225 g/mol. The zero-order chi connectivity index (χ0) is 12.8. The molecule has 0 aliphatic rings. The third kappa shape index (κ3) is 7.17. The van der Waals surface area contributed by atoms with Crippen LogP contribution >= 0.6 is 0 Å². The fourth-order valence-corrected chi connectivity index (χ4v) is 1.09. The number of hydrogen-bond donors (Lipinski definition) is 0. The highest BCUT2D eigenvalue weighted by molar-refractivity contribution is 5.68. The van der Waals surface area contributed by atoms with E-state index >= 15 is 0 Å². The number of terminal acetylenes is 1. The quantitative estimate of drug-likeness (QED) is 0.688. The van der Waals surface area contributed by atoms with Crippen LogP contribution in [0.2, 0.25) is 0 Å². The number of carbonyl (C=O) groups excluding carboxylic acids is 1. The van der Waals surface area contributed by atoms with E-state index in [0.717, 1.165) is 6.42 Å². The van der Waals surface area contributed by atoms with Gasteiger partial charge in [-0.2, -0.15) is 0 Å². The van der Waals surface area contributed by atoms with Gasteiger partial charge >= 0.3 is 6.09 Å². The lowest BCUT2D eigenvalue weighted by Gasteiger charge is -2.26. The minimum absolute atomic E-state index is 0.307. The van der Waals surface area contributed by atoms with E-state index in [0.29, 0.717) is 19.0 Å². The van der Waals surface area contributed by atoms with Crippen molar-refractivity contribution < 1.29 is 9.53 Å². The average Bonchev–Trinajstić information content (AvgIpc) is 2.08. The molecular formula is C13H23NO2. The van der Waals surface area contributed by atoms with Crippen molar-refractivity contribution in [2.24, 2.45) is 5.92 Å². The summed E-state index contributed by atoms with van der Waals surface area (Å²) in [4.78, 5) is 13.3. The second-order valence-corrected chi connectivity index (χ2v) is 5.29. The van der Waals surface area contributed by atoms with Crippen LogP contribution in [0, 0.1) is 18.3 Å². The molecule has 3 heteroatoms. The number of nitrogens with zero attached hydrogens (tertiary/aromatic N) is 1. The Morgan fingerprint density at radius 2 is 2.00 bits per heavy atom. The Labute approximate surface area is 99.2 Å². The van der Waals surface area contributed by atoms with Gasteiger partial charge in [0.1, 0.15) is 5.60 Å². The topological polar surface area (TPSA) is 29.5 Å². The molecule has 0 saturated heterocycles. The highest BCUT2D eigenvalue weighted by Crippen LogP contribution is 2.11. The van der Waals surface area contributed by atoms with E-state index in [-0.39, 0.29) is 6.09 Å². The standard InChI is InChI=1S/C13H23NO2/c1-7-9-14(10-8-11(2)3)12(15)16-13(4,5)6/h1,11H,8-10H2,2-6H3. The largest absolute Gasteiger partial charge is 0.444 e. The summed E-state index contributed by atoms with van der Waals surface area (Å²) in [5.41, 5.74) is -0.470. The molecule has 3 nitrogen and oxygen atoms in total. The SMILES string of the molecule is C#CCN(CCC(C)C)C(=O)OC(C)(C)C. The highest BCUT2D eigenvalue weighted by atomic mass is 16.6. The second-order valence-electron chi connectivity index (χ2n) is 5.29. The minimum Gasteiger partial charge on any atom is -0.444 e. The maximum absolute atomic E-state index is 11.8. The smallest absolute Gasteiger partial charge is 0.411 e. The van der Waals surface area contributed by atoms with Gasteiger partial charge in [-0.15, -0.1) is 6.42 Å². The van der Waals surface area contributed by atoms with E-state index in [4.69, 9.17) is 11.2 Å². The Morgan fingerprint density at radius 1 is 1.44 bits per heavy atom. The zero-order valence-corrected chi connectivity index (χ0v) is 11.0. The summed E-state index contributed by atoms with van der Waals surface area (Å²) in [6.07, 6.45) is 5.84. The molecule has 92 valence electrons. The maximum Gasteiger partial charge on any atom is 0.411 e. The molecular weight excluding hydrogens is 202 g/mol. The molecule has 0 bridgehead atoms. The molecule has 0 fully saturated rings. The van der Waals surface area contributed by atoms with E-state index < -0.39 is 5.60 Å². The summed E-state index contributed by atoms with van der Waals surface area (Å²) < 4.78 is 5.28. The Bertz CT molecular complexity index is 258. The predicted molar refractivity (Wildman–Crippen MR) is 66.1 cm³/mol. The molecule has 16 heavy (non-hydrogen) atoms. The molecule has 0 aliphatic carbocycles. The first-order chi connectivity index (χ1) is 7.26. The normalized spacial score (nSPS) is 11.1. The molecule has 0 unspecified atom stereocenters. The lowest BCUT2D eigenvalue weighted by Crippen LogP contribution is -2.38. The summed E-state index contributed by atoms with van der Waals surface area (Å²) in [7, 11) is 0. The highest BCUT2D eigenvalue weighted by Gasteiger charge is 2.21. The van der Waals surface area contributed by atoms with Crippen LogP contribution in [0.15, 0.2) is 0 Å². The molecule has 0 saturated carbocycles. The molecule has 0 atom stereocenters.